The van der Waals surface area contributed by atoms with Gasteiger partial charge in [-0.05, 0) is 231 Å². The van der Waals surface area contributed by atoms with Crippen LogP contribution in [0, 0.1) is 46.5 Å². The molecule has 4 nitrogen and oxygen atoms in total. The van der Waals surface area contributed by atoms with Crippen LogP contribution in [0.3, 0.4) is 0 Å². The summed E-state index contributed by atoms with van der Waals surface area (Å²) in [6.45, 7) is 26.4. The van der Waals surface area contributed by atoms with Gasteiger partial charge in [-0.2, -0.15) is 0 Å². The van der Waals surface area contributed by atoms with Crippen molar-refractivity contribution in [1.82, 2.24) is 0 Å². The first kappa shape index (κ1) is 86.9. The third-order valence-corrected chi connectivity index (χ3v) is 29.7. The third-order valence-electron chi connectivity index (χ3n) is 25.6. The molecule has 0 N–H and O–H groups in total. The molecule has 0 saturated carbocycles. The van der Waals surface area contributed by atoms with Crippen LogP contribution >= 0.6 is 0 Å². The van der Waals surface area contributed by atoms with Crippen LogP contribution in [0.5, 0.6) is 0 Å². The lowest BCUT2D eigenvalue weighted by atomic mass is 9.87. The van der Waals surface area contributed by atoms with Crippen LogP contribution in [0.2, 0.25) is 39.3 Å². The number of anilines is 12. The Morgan fingerprint density at radius 2 is 0.379 bits per heavy atom. The van der Waals surface area contributed by atoms with Crippen molar-refractivity contribution in [3.63, 3.8) is 0 Å². The Morgan fingerprint density at radius 1 is 0.197 bits per heavy atom. The highest BCUT2D eigenvalue weighted by molar-refractivity contribution is 6.89. The smallest absolute Gasteiger partial charge is 0.150 e. The second-order valence-corrected chi connectivity index (χ2v) is 48.5. The van der Waals surface area contributed by atoms with E-state index in [0.29, 0.717) is 90.0 Å². The minimum Gasteiger partial charge on any atom is -0.305 e. The quantitative estimate of drug-likeness (QED) is 0.0482. The molecule has 0 heterocycles. The molecule has 0 unspecified atom stereocenters. The Kier molecular flexibility index (Phi) is 22.5. The van der Waals surface area contributed by atoms with Crippen molar-refractivity contribution in [3.8, 4) is 44.5 Å². The van der Waals surface area contributed by atoms with Gasteiger partial charge in [-0.1, -0.05) is 334 Å². The van der Waals surface area contributed by atoms with Crippen LogP contribution in [0.25, 0.3) is 109 Å². The van der Waals surface area contributed by atoms with Gasteiger partial charge in [0.25, 0.3) is 0 Å². The highest BCUT2D eigenvalue weighted by atomic mass is 28.3. The van der Waals surface area contributed by atoms with Crippen LogP contribution in [0.15, 0.2) is 364 Å². The Bertz CT molecular complexity index is 6730. The van der Waals surface area contributed by atoms with E-state index in [1.807, 2.05) is 291 Å². The summed E-state index contributed by atoms with van der Waals surface area (Å²) in [6, 6.07) is 111. The van der Waals surface area contributed by atoms with E-state index in [-0.39, 0.29) is 33.6 Å². The number of halogens is 8. The van der Waals surface area contributed by atoms with Gasteiger partial charge in [0.1, 0.15) is 22.7 Å². The van der Waals surface area contributed by atoms with E-state index in [1.165, 1.54) is 58.9 Å². The van der Waals surface area contributed by atoms with Crippen molar-refractivity contribution < 1.29 is 35.1 Å². The maximum absolute atomic E-state index is 16.9. The van der Waals surface area contributed by atoms with Crippen molar-refractivity contribution in [2.75, 3.05) is 19.6 Å². The van der Waals surface area contributed by atoms with Crippen LogP contribution < -0.4 is 30.0 Å². The van der Waals surface area contributed by atoms with Crippen molar-refractivity contribution in [1.29, 1.82) is 0 Å². The summed E-state index contributed by atoms with van der Waals surface area (Å²) in [4.78, 5) is 6.71. The number of rotatable bonds is 18. The van der Waals surface area contributed by atoms with E-state index in [2.05, 4.69) is 105 Å². The number of hydrogen-bond acceptors (Lipinski definition) is 4. The van der Waals surface area contributed by atoms with Gasteiger partial charge in [-0.15, -0.1) is 0 Å². The van der Waals surface area contributed by atoms with Crippen molar-refractivity contribution in [2.24, 2.45) is 0 Å². The fourth-order valence-electron chi connectivity index (χ4n) is 18.6. The van der Waals surface area contributed by atoms with Crippen LogP contribution in [0.1, 0.15) is 52.7 Å². The molecule has 0 spiro atoms. The first-order valence-electron chi connectivity index (χ1n) is 44.5. The lowest BCUT2D eigenvalue weighted by Gasteiger charge is -2.30. The molecule has 20 rings (SSSR count). The van der Waals surface area contributed by atoms with Gasteiger partial charge < -0.3 is 19.6 Å². The van der Waals surface area contributed by atoms with Crippen LogP contribution in [-0.2, 0) is 10.8 Å². The summed E-state index contributed by atoms with van der Waals surface area (Å²) in [7, 11) is -3.44. The minimum atomic E-state index is -1.72. The maximum Gasteiger partial charge on any atom is 0.150 e. The fraction of sp³-hybridized carbons (Fsp3) is 0.119. The summed E-state index contributed by atoms with van der Waals surface area (Å²) in [5.41, 5.74) is 10.3. The SMILES string of the molecule is CC(C)(C)c1ccc(N(c2c(F)cc(-c3ccccc3)cc2F)c2ccc3ccc4c(N(c5ccc(C(C)(C)C)cc5)c5c(F)cc(-c6ccccc6)cc5F)ccc5ccc2c3c54)cc1.C[Si](C)(C)c1ccc(N(c2c(F)cc(-c3ccccc3)cc2F)c2ccc3ccc4c(N(c5ccc([Si](C)(C)C)cc5)c5c(F)cc(-c6ccccc6)cc5F)ccc5ccc2c3c54)cc1. The van der Waals surface area contributed by atoms with E-state index in [0.717, 1.165) is 75.8 Å². The van der Waals surface area contributed by atoms with Gasteiger partial charge in [0, 0.05) is 44.3 Å². The Labute approximate surface area is 766 Å². The molecule has 0 aliphatic heterocycles. The van der Waals surface area contributed by atoms with Gasteiger partial charge in [0.2, 0.25) is 0 Å². The zero-order valence-electron chi connectivity index (χ0n) is 75.5. The zero-order chi connectivity index (χ0) is 92.1. The summed E-state index contributed by atoms with van der Waals surface area (Å²) >= 11 is 0. The van der Waals surface area contributed by atoms with Crippen molar-refractivity contribution >= 4 is 159 Å². The van der Waals surface area contributed by atoms with Gasteiger partial charge in [0.15, 0.2) is 46.5 Å². The molecular formula is C118H96F8N4Si2. The fourth-order valence-corrected chi connectivity index (χ4v) is 21.0. The van der Waals surface area contributed by atoms with Gasteiger partial charge in [-0.25, -0.2) is 35.1 Å². The molecule has 0 fully saturated rings. The van der Waals surface area contributed by atoms with Crippen LogP contribution in [0.4, 0.5) is 103 Å². The molecule has 0 saturated heterocycles. The zero-order valence-corrected chi connectivity index (χ0v) is 77.5. The molecule has 0 radical (unpaired) electrons. The summed E-state index contributed by atoms with van der Waals surface area (Å²) in [6.07, 6.45) is 0. The minimum absolute atomic E-state index is 0.153. The molecule has 652 valence electrons. The summed E-state index contributed by atoms with van der Waals surface area (Å²) < 4.78 is 135. The molecular weight excluding hydrogens is 1680 g/mol. The third kappa shape index (κ3) is 16.2. The first-order chi connectivity index (χ1) is 63.3. The van der Waals surface area contributed by atoms with Gasteiger partial charge in [0.05, 0.1) is 38.9 Å². The summed E-state index contributed by atoms with van der Waals surface area (Å²) in [5.74, 6) is -5.64. The summed E-state index contributed by atoms with van der Waals surface area (Å²) in [5, 5.41) is 12.5. The molecule has 0 aromatic heterocycles. The Hall–Kier alpha value is -14.4. The van der Waals surface area contributed by atoms with Crippen molar-refractivity contribution in [2.45, 2.75) is 91.7 Å². The topological polar surface area (TPSA) is 13.0 Å². The molecule has 20 aromatic carbocycles. The van der Waals surface area contributed by atoms with E-state index < -0.39 is 62.7 Å². The second-order valence-electron chi connectivity index (χ2n) is 38.3. The lowest BCUT2D eigenvalue weighted by molar-refractivity contribution is 0.585. The second kappa shape index (κ2) is 34.1. The van der Waals surface area contributed by atoms with Gasteiger partial charge in [-0.3, -0.25) is 0 Å². The van der Waals surface area contributed by atoms with Crippen molar-refractivity contribution in [3.05, 3.63) is 422 Å². The largest absolute Gasteiger partial charge is 0.305 e. The molecule has 0 bridgehead atoms. The maximum atomic E-state index is 16.9. The van der Waals surface area contributed by atoms with Crippen LogP contribution in [-0.4, -0.2) is 16.1 Å². The highest BCUT2D eigenvalue weighted by Gasteiger charge is 2.34. The molecule has 0 amide bonds. The Morgan fingerprint density at radius 3 is 0.561 bits per heavy atom. The van der Waals surface area contributed by atoms with E-state index >= 15 is 35.1 Å². The monoisotopic (exact) mass is 1780 g/mol. The molecule has 0 aliphatic rings. The molecule has 132 heavy (non-hydrogen) atoms. The number of hydrogen-bond donors (Lipinski definition) is 0. The lowest BCUT2D eigenvalue weighted by Crippen LogP contribution is -2.37. The van der Waals surface area contributed by atoms with E-state index in [9.17, 15) is 0 Å². The molecule has 14 heteroatoms. The first-order valence-corrected chi connectivity index (χ1v) is 51.5. The van der Waals surface area contributed by atoms with E-state index in [1.54, 1.807) is 19.6 Å². The average Bonchev–Trinajstić information content (AvgIpc) is 0.717. The average molecular weight is 1780 g/mol. The predicted molar refractivity (Wildman–Crippen MR) is 544 cm³/mol. The molecule has 0 aliphatic carbocycles. The van der Waals surface area contributed by atoms with Gasteiger partial charge >= 0.3 is 0 Å². The Balaban J connectivity index is 0.000000170. The predicted octanol–water partition coefficient (Wildman–Crippen LogP) is 34.5. The normalized spacial score (nSPS) is 12.1. The number of benzene rings is 20. The molecule has 0 atom stereocenters. The van der Waals surface area contributed by atoms with E-state index in [4.69, 9.17) is 0 Å². The standard InChI is InChI=1S/C60H48F4N2.C58H48F4N2Si2/c1-59(2,3)43-21-25-45(26-22-43)65(57-49(61)33-41(34-50(57)62)37-13-9-7-10-14-37)53-31-19-39-18-30-48-54(32-20-40-17-29-47(53)55(39)56(40)48)66(46-27-23-44(24-28-46)60(4,5)6)58-51(63)35-42(36-52(58)64)38-15-11-8-12-16-38;1-65(2,3)45-25-21-43(22-26-45)63(57-49(59)33-41(34-50(57)60)37-13-9-7-10-14-37)53-31-19-39-18-30-48-54(32-20-40-17-29-47(53)55(39)56(40)48)64(44-23-27-46(28-24-44)66(4,5)6)58-51(61)35-42(36-52(58)62)38-15-11-8-12-16-38/h2*7-36H,1-6H3. The molecule has 20 aromatic rings. The number of nitrogens with zero attached hydrogens (tertiary/aromatic N) is 4. The highest BCUT2D eigenvalue weighted by Crippen LogP contribution is 2.54.